The minimum absolute atomic E-state index is 0.0583. The van der Waals surface area contributed by atoms with Crippen molar-refractivity contribution in [3.63, 3.8) is 0 Å². The first-order valence-corrected chi connectivity index (χ1v) is 11.0. The largest absolute Gasteiger partial charge is 0.504 e. The number of anilines is 1. The monoisotopic (exact) mass is 477 g/mol. The summed E-state index contributed by atoms with van der Waals surface area (Å²) in [6.45, 7) is 0.0583. The van der Waals surface area contributed by atoms with Crippen LogP contribution in [0, 0.1) is 17.6 Å². The number of amides is 2. The van der Waals surface area contributed by atoms with E-state index in [4.69, 9.17) is 4.74 Å². The van der Waals surface area contributed by atoms with E-state index in [1.165, 1.54) is 48.5 Å². The van der Waals surface area contributed by atoms with Gasteiger partial charge in [-0.25, -0.2) is 8.78 Å². The summed E-state index contributed by atoms with van der Waals surface area (Å²) in [4.78, 5) is 28.1. The Balaban J connectivity index is 1.53. The number of benzene rings is 3. The van der Waals surface area contributed by atoms with E-state index in [1.54, 1.807) is 30.3 Å². The second-order valence-corrected chi connectivity index (χ2v) is 8.29. The molecule has 2 atom stereocenters. The maximum atomic E-state index is 13.6. The van der Waals surface area contributed by atoms with Crippen molar-refractivity contribution >= 4 is 23.2 Å². The number of imide groups is 1. The molecule has 0 spiro atoms. The van der Waals surface area contributed by atoms with Gasteiger partial charge in [0.05, 0.1) is 18.5 Å². The second-order valence-electron chi connectivity index (χ2n) is 8.29. The van der Waals surface area contributed by atoms with Crippen molar-refractivity contribution < 1.29 is 28.2 Å². The molecule has 2 unspecified atom stereocenters. The predicted octanol–water partition coefficient (Wildman–Crippen LogP) is 3.50. The highest BCUT2D eigenvalue weighted by molar-refractivity contribution is 6.26. The quantitative estimate of drug-likeness (QED) is 0.550. The van der Waals surface area contributed by atoms with Crippen LogP contribution in [0.5, 0.6) is 11.5 Å². The summed E-state index contributed by atoms with van der Waals surface area (Å²) in [5.74, 6) is -2.79. The second kappa shape index (κ2) is 8.83. The summed E-state index contributed by atoms with van der Waals surface area (Å²) in [7, 11) is 1.40. The Labute approximate surface area is 199 Å². The van der Waals surface area contributed by atoms with Crippen molar-refractivity contribution in [1.29, 1.82) is 0 Å². The van der Waals surface area contributed by atoms with Gasteiger partial charge in [0, 0.05) is 12.1 Å². The van der Waals surface area contributed by atoms with Crippen LogP contribution in [0.15, 0.2) is 71.8 Å². The number of hydrazone groups is 1. The van der Waals surface area contributed by atoms with E-state index in [2.05, 4.69) is 5.10 Å². The fourth-order valence-corrected chi connectivity index (χ4v) is 4.55. The number of nitrogens with zero attached hydrogens (tertiary/aromatic N) is 3. The Kier molecular flexibility index (Phi) is 5.68. The number of fused-ring (bicyclic) bond motifs is 1. The van der Waals surface area contributed by atoms with Gasteiger partial charge in [0.1, 0.15) is 23.6 Å². The number of ether oxygens (including phenoxy) is 1. The van der Waals surface area contributed by atoms with E-state index in [9.17, 15) is 23.5 Å². The number of hydrogen-bond donors (Lipinski definition) is 1. The Morgan fingerprint density at radius 3 is 2.43 bits per heavy atom. The lowest BCUT2D eigenvalue weighted by Crippen LogP contribution is -2.39. The van der Waals surface area contributed by atoms with E-state index in [0.717, 1.165) is 4.90 Å². The molecule has 35 heavy (non-hydrogen) atoms. The average Bonchev–Trinajstić information content (AvgIpc) is 3.35. The van der Waals surface area contributed by atoms with Crippen molar-refractivity contribution in [1.82, 2.24) is 4.90 Å². The normalized spacial score (nSPS) is 19.2. The molecule has 3 aromatic rings. The number of hydrogen-bond acceptors (Lipinski definition) is 6. The van der Waals surface area contributed by atoms with Crippen LogP contribution in [0.1, 0.15) is 11.1 Å². The third kappa shape index (κ3) is 3.88. The highest BCUT2D eigenvalue weighted by Crippen LogP contribution is 2.41. The first-order chi connectivity index (χ1) is 16.9. The van der Waals surface area contributed by atoms with E-state index >= 15 is 0 Å². The summed E-state index contributed by atoms with van der Waals surface area (Å²) in [5, 5.41) is 16.7. The van der Waals surface area contributed by atoms with E-state index in [1.807, 2.05) is 0 Å². The molecule has 1 saturated heterocycles. The zero-order chi connectivity index (χ0) is 24.7. The van der Waals surface area contributed by atoms with Gasteiger partial charge < -0.3 is 9.84 Å². The van der Waals surface area contributed by atoms with Crippen LogP contribution in [0.3, 0.4) is 0 Å². The molecule has 9 heteroatoms. The van der Waals surface area contributed by atoms with Crippen molar-refractivity contribution in [2.45, 2.75) is 12.5 Å². The summed E-state index contributed by atoms with van der Waals surface area (Å²) >= 11 is 0. The molecule has 178 valence electrons. The molecule has 5 rings (SSSR count). The van der Waals surface area contributed by atoms with E-state index < -0.39 is 35.4 Å². The first-order valence-electron chi connectivity index (χ1n) is 11.0. The summed E-state index contributed by atoms with van der Waals surface area (Å²) in [5.41, 5.74) is 1.55. The maximum Gasteiger partial charge on any atom is 0.255 e. The average molecular weight is 477 g/mol. The molecule has 0 saturated carbocycles. The van der Waals surface area contributed by atoms with Gasteiger partial charge in [0.2, 0.25) is 5.91 Å². The fraction of sp³-hybridized carbons (Fsp3) is 0.192. The number of methoxy groups -OCH3 is 1. The lowest BCUT2D eigenvalue weighted by Gasteiger charge is -2.22. The number of carbonyl (C=O) groups is 2. The van der Waals surface area contributed by atoms with Crippen LogP contribution >= 0.6 is 0 Å². The standard InChI is InChI=1S/C26H21F2N3O4/c1-35-20-7-3-6-19(24(20)32)22-21-23(31(29-22)18-10-8-16(27)9-11-18)26(34)30(25(21)33)13-12-15-4-2-5-17(28)14-15/h2-11,14,21,23,32H,12-13H2,1H3. The Hall–Kier alpha value is -4.27. The summed E-state index contributed by atoms with van der Waals surface area (Å²) < 4.78 is 32.3. The first kappa shape index (κ1) is 22.5. The molecule has 1 fully saturated rings. The molecule has 2 aliphatic rings. The SMILES string of the molecule is COc1cccc(C2=NN(c3ccc(F)cc3)C3C(=O)N(CCc4cccc(F)c4)C(=O)C23)c1O. The Morgan fingerprint density at radius 1 is 0.971 bits per heavy atom. The molecule has 3 aromatic carbocycles. The molecule has 0 bridgehead atoms. The van der Waals surface area contributed by atoms with Gasteiger partial charge in [-0.1, -0.05) is 18.2 Å². The van der Waals surface area contributed by atoms with Crippen LogP contribution < -0.4 is 9.75 Å². The van der Waals surface area contributed by atoms with Crippen LogP contribution in [-0.2, 0) is 16.0 Å². The van der Waals surface area contributed by atoms with Gasteiger partial charge in [0.15, 0.2) is 11.5 Å². The fourth-order valence-electron chi connectivity index (χ4n) is 4.55. The van der Waals surface area contributed by atoms with Gasteiger partial charge in [-0.15, -0.1) is 0 Å². The van der Waals surface area contributed by atoms with Crippen LogP contribution in [-0.4, -0.2) is 47.2 Å². The number of para-hydroxylation sites is 1. The summed E-state index contributed by atoms with van der Waals surface area (Å²) in [6.07, 6.45) is 0.280. The van der Waals surface area contributed by atoms with Gasteiger partial charge in [-0.3, -0.25) is 19.5 Å². The molecule has 2 amide bonds. The highest BCUT2D eigenvalue weighted by Gasteiger charge is 2.57. The number of rotatable bonds is 6. The van der Waals surface area contributed by atoms with E-state index in [0.29, 0.717) is 11.3 Å². The zero-order valence-electron chi connectivity index (χ0n) is 18.7. The molecule has 2 heterocycles. The number of aromatic hydroxyl groups is 1. The van der Waals surface area contributed by atoms with Crippen molar-refractivity contribution in [2.24, 2.45) is 11.0 Å². The zero-order valence-corrected chi connectivity index (χ0v) is 18.7. The Morgan fingerprint density at radius 2 is 1.71 bits per heavy atom. The van der Waals surface area contributed by atoms with Crippen LogP contribution in [0.25, 0.3) is 0 Å². The maximum absolute atomic E-state index is 13.6. The van der Waals surface area contributed by atoms with Crippen molar-refractivity contribution in [3.05, 3.63) is 89.5 Å². The lowest BCUT2D eigenvalue weighted by molar-refractivity contribution is -0.139. The van der Waals surface area contributed by atoms with Crippen LogP contribution in [0.2, 0.25) is 0 Å². The molecule has 7 nitrogen and oxygen atoms in total. The molecule has 0 aromatic heterocycles. The molecular formula is C26H21F2N3O4. The third-order valence-electron chi connectivity index (χ3n) is 6.24. The number of likely N-dealkylation sites (tertiary alicyclic amines) is 1. The minimum atomic E-state index is -0.999. The number of phenolic OH excluding ortho intramolecular Hbond substituents is 1. The molecule has 0 aliphatic carbocycles. The van der Waals surface area contributed by atoms with Gasteiger partial charge in [-0.2, -0.15) is 5.10 Å². The topological polar surface area (TPSA) is 82.4 Å². The van der Waals surface area contributed by atoms with E-state index in [-0.39, 0.29) is 35.7 Å². The van der Waals surface area contributed by atoms with Gasteiger partial charge >= 0.3 is 0 Å². The number of phenols is 1. The van der Waals surface area contributed by atoms with Gasteiger partial charge in [0.25, 0.3) is 5.91 Å². The lowest BCUT2D eigenvalue weighted by atomic mass is 9.92. The predicted molar refractivity (Wildman–Crippen MR) is 124 cm³/mol. The highest BCUT2D eigenvalue weighted by atomic mass is 19.1. The number of halogens is 2. The molecule has 0 radical (unpaired) electrons. The molecule has 2 aliphatic heterocycles. The minimum Gasteiger partial charge on any atom is -0.504 e. The third-order valence-corrected chi connectivity index (χ3v) is 6.24. The number of carbonyl (C=O) groups excluding carboxylic acids is 2. The van der Waals surface area contributed by atoms with Crippen molar-refractivity contribution in [2.75, 3.05) is 18.7 Å². The molecule has 1 N–H and O–H groups in total. The smallest absolute Gasteiger partial charge is 0.255 e. The summed E-state index contributed by atoms with van der Waals surface area (Å²) in [6, 6.07) is 15.2. The van der Waals surface area contributed by atoms with Crippen LogP contribution in [0.4, 0.5) is 14.5 Å². The Bertz CT molecular complexity index is 1340. The molecular weight excluding hydrogens is 456 g/mol. The van der Waals surface area contributed by atoms with Crippen molar-refractivity contribution in [3.8, 4) is 11.5 Å². The van der Waals surface area contributed by atoms with Gasteiger partial charge in [-0.05, 0) is 60.5 Å².